The molecule has 0 spiro atoms. The van der Waals surface area contributed by atoms with Gasteiger partial charge in [0.2, 0.25) is 0 Å². The van der Waals surface area contributed by atoms with Gasteiger partial charge in [-0.05, 0) is 49.2 Å². The van der Waals surface area contributed by atoms with Crippen molar-refractivity contribution >= 4 is 46.5 Å². The van der Waals surface area contributed by atoms with E-state index in [0.29, 0.717) is 32.3 Å². The minimum absolute atomic E-state index is 0.166. The highest BCUT2D eigenvalue weighted by Crippen LogP contribution is 2.35. The van der Waals surface area contributed by atoms with Crippen LogP contribution >= 0.6 is 23.2 Å². The highest BCUT2D eigenvalue weighted by molar-refractivity contribution is 6.31. The Kier molecular flexibility index (Phi) is 8.33. The van der Waals surface area contributed by atoms with Crippen LogP contribution in [0.3, 0.4) is 0 Å². The molecule has 0 bridgehead atoms. The fourth-order valence-corrected chi connectivity index (χ4v) is 3.10. The molecular formula is C22H22Cl2N2O4. The molecule has 158 valence electrons. The molecule has 2 rings (SSSR count). The lowest BCUT2D eigenvalue weighted by Gasteiger charge is -2.16. The van der Waals surface area contributed by atoms with E-state index in [2.05, 4.69) is 0 Å². The van der Waals surface area contributed by atoms with E-state index >= 15 is 0 Å². The summed E-state index contributed by atoms with van der Waals surface area (Å²) in [6.45, 7) is 3.85. The number of carbonyl (C=O) groups is 2. The molecule has 0 radical (unpaired) electrons. The molecule has 6 nitrogen and oxygen atoms in total. The van der Waals surface area contributed by atoms with Crippen molar-refractivity contribution in [2.75, 3.05) is 13.2 Å². The van der Waals surface area contributed by atoms with Crippen molar-refractivity contribution in [3.05, 3.63) is 69.7 Å². The standard InChI is InChI=1S/C22H22Cl2N2O4/c1-3-29-21(27)11-19(25)17-9-13(23)5-7-15(17)16-8-6-14(24)10-18(16)20(26)12-22(28)30-4-2/h5-12H,3-4,25-26H2,1-2H3/b19-11-,20-12-. The summed E-state index contributed by atoms with van der Waals surface area (Å²) in [6.07, 6.45) is 2.37. The van der Waals surface area contributed by atoms with Crippen LogP contribution < -0.4 is 11.5 Å². The summed E-state index contributed by atoms with van der Waals surface area (Å²) >= 11 is 12.3. The maximum atomic E-state index is 11.9. The lowest BCUT2D eigenvalue weighted by molar-refractivity contribution is -0.138. The van der Waals surface area contributed by atoms with Crippen LogP contribution in [0.25, 0.3) is 22.5 Å². The number of hydrogen-bond donors (Lipinski definition) is 2. The van der Waals surface area contributed by atoms with E-state index in [0.717, 1.165) is 0 Å². The highest BCUT2D eigenvalue weighted by atomic mass is 35.5. The Labute approximate surface area is 185 Å². The van der Waals surface area contributed by atoms with E-state index in [4.69, 9.17) is 44.1 Å². The summed E-state index contributed by atoms with van der Waals surface area (Å²) in [4.78, 5) is 23.7. The molecule has 0 unspecified atom stereocenters. The van der Waals surface area contributed by atoms with Crippen molar-refractivity contribution < 1.29 is 19.1 Å². The van der Waals surface area contributed by atoms with Crippen LogP contribution in [0.5, 0.6) is 0 Å². The summed E-state index contributed by atoms with van der Waals surface area (Å²) in [5, 5.41) is 0.860. The summed E-state index contributed by atoms with van der Waals surface area (Å²) < 4.78 is 9.86. The molecule has 2 aromatic rings. The first-order valence-electron chi connectivity index (χ1n) is 9.14. The molecule has 0 aliphatic rings. The van der Waals surface area contributed by atoms with Gasteiger partial charge in [0.05, 0.1) is 13.2 Å². The van der Waals surface area contributed by atoms with Crippen molar-refractivity contribution in [2.45, 2.75) is 13.8 Å². The van der Waals surface area contributed by atoms with Gasteiger partial charge >= 0.3 is 11.9 Å². The minimum Gasteiger partial charge on any atom is -0.463 e. The Bertz CT molecular complexity index is 935. The Morgan fingerprint density at radius 1 is 0.800 bits per heavy atom. The monoisotopic (exact) mass is 448 g/mol. The fraction of sp³-hybridized carbons (Fsp3) is 0.182. The van der Waals surface area contributed by atoms with Gasteiger partial charge in [-0.3, -0.25) is 0 Å². The molecule has 0 aliphatic heterocycles. The third kappa shape index (κ3) is 6.02. The molecule has 0 atom stereocenters. The van der Waals surface area contributed by atoms with Gasteiger partial charge < -0.3 is 20.9 Å². The Morgan fingerprint density at radius 3 is 1.50 bits per heavy atom. The molecular weight excluding hydrogens is 427 g/mol. The van der Waals surface area contributed by atoms with Crippen LogP contribution in [0.1, 0.15) is 25.0 Å². The number of nitrogens with two attached hydrogens (primary N) is 2. The van der Waals surface area contributed by atoms with Crippen LogP contribution in [0.4, 0.5) is 0 Å². The summed E-state index contributed by atoms with van der Waals surface area (Å²) in [5.74, 6) is -1.14. The molecule has 0 amide bonds. The quantitative estimate of drug-likeness (QED) is 0.480. The molecule has 0 saturated carbocycles. The Morgan fingerprint density at radius 2 is 1.17 bits per heavy atom. The van der Waals surface area contributed by atoms with Gasteiger partial charge in [0.15, 0.2) is 0 Å². The smallest absolute Gasteiger partial charge is 0.332 e. The lowest BCUT2D eigenvalue weighted by atomic mass is 9.92. The van der Waals surface area contributed by atoms with Crippen LogP contribution in [0.15, 0.2) is 48.6 Å². The first kappa shape index (κ1) is 23.3. The van der Waals surface area contributed by atoms with Gasteiger partial charge in [0.1, 0.15) is 0 Å². The molecule has 0 saturated heterocycles. The SMILES string of the molecule is CCOC(=O)/C=C(\N)c1cc(Cl)ccc1-c1ccc(Cl)cc1/C(N)=C/C(=O)OCC. The predicted molar refractivity (Wildman–Crippen MR) is 119 cm³/mol. The van der Waals surface area contributed by atoms with Crippen molar-refractivity contribution in [3.63, 3.8) is 0 Å². The van der Waals surface area contributed by atoms with Crippen molar-refractivity contribution in [3.8, 4) is 11.1 Å². The molecule has 2 aromatic carbocycles. The van der Waals surface area contributed by atoms with E-state index in [1.807, 2.05) is 0 Å². The summed E-state index contributed by atoms with van der Waals surface area (Å²) in [6, 6.07) is 10.1. The Balaban J connectivity index is 2.65. The number of benzene rings is 2. The largest absolute Gasteiger partial charge is 0.463 e. The van der Waals surface area contributed by atoms with Crippen molar-refractivity contribution in [2.24, 2.45) is 11.5 Å². The molecule has 0 heterocycles. The number of halogens is 2. The van der Waals surface area contributed by atoms with Crippen molar-refractivity contribution in [1.82, 2.24) is 0 Å². The molecule has 4 N–H and O–H groups in total. The van der Waals surface area contributed by atoms with Crippen LogP contribution in [-0.4, -0.2) is 25.2 Å². The molecule has 0 aliphatic carbocycles. The van der Waals surface area contributed by atoms with Crippen LogP contribution in [0.2, 0.25) is 10.0 Å². The molecule has 8 heteroatoms. The highest BCUT2D eigenvalue weighted by Gasteiger charge is 2.16. The normalized spacial score (nSPS) is 11.9. The third-order valence-electron chi connectivity index (χ3n) is 4.00. The maximum Gasteiger partial charge on any atom is 0.332 e. The van der Waals surface area contributed by atoms with E-state index in [9.17, 15) is 9.59 Å². The van der Waals surface area contributed by atoms with E-state index in [1.54, 1.807) is 50.2 Å². The predicted octanol–water partition coefficient (Wildman–Crippen LogP) is 4.39. The van der Waals surface area contributed by atoms with E-state index < -0.39 is 11.9 Å². The van der Waals surface area contributed by atoms with Gasteiger partial charge in [0.25, 0.3) is 0 Å². The zero-order valence-electron chi connectivity index (χ0n) is 16.6. The number of esters is 2. The number of carbonyl (C=O) groups excluding carboxylic acids is 2. The molecule has 30 heavy (non-hydrogen) atoms. The van der Waals surface area contributed by atoms with Crippen molar-refractivity contribution in [1.29, 1.82) is 0 Å². The second-order valence-electron chi connectivity index (χ2n) is 6.08. The summed E-state index contributed by atoms with van der Waals surface area (Å²) in [7, 11) is 0. The third-order valence-corrected chi connectivity index (χ3v) is 4.47. The first-order valence-corrected chi connectivity index (χ1v) is 9.90. The van der Waals surface area contributed by atoms with Gasteiger partial charge in [-0.2, -0.15) is 0 Å². The zero-order chi connectivity index (χ0) is 22.3. The average Bonchev–Trinajstić information content (AvgIpc) is 2.68. The lowest BCUT2D eigenvalue weighted by Crippen LogP contribution is -2.08. The van der Waals surface area contributed by atoms with E-state index in [-0.39, 0.29) is 24.6 Å². The van der Waals surface area contributed by atoms with Crippen LogP contribution in [0, 0.1) is 0 Å². The second kappa shape index (κ2) is 10.7. The molecule has 0 fully saturated rings. The summed E-state index contributed by atoms with van der Waals surface area (Å²) in [5.41, 5.74) is 15.0. The number of ether oxygens (including phenoxy) is 2. The van der Waals surface area contributed by atoms with Gasteiger partial charge in [-0.1, -0.05) is 35.3 Å². The molecule has 0 aromatic heterocycles. The number of rotatable bonds is 7. The van der Waals surface area contributed by atoms with Gasteiger partial charge in [-0.25, -0.2) is 9.59 Å². The van der Waals surface area contributed by atoms with Gasteiger partial charge in [0, 0.05) is 44.7 Å². The van der Waals surface area contributed by atoms with Crippen LogP contribution in [-0.2, 0) is 19.1 Å². The van der Waals surface area contributed by atoms with Gasteiger partial charge in [-0.15, -0.1) is 0 Å². The number of hydrogen-bond acceptors (Lipinski definition) is 6. The maximum absolute atomic E-state index is 11.9. The van der Waals surface area contributed by atoms with E-state index in [1.165, 1.54) is 12.2 Å². The fourth-order valence-electron chi connectivity index (χ4n) is 2.76. The second-order valence-corrected chi connectivity index (χ2v) is 6.96. The topological polar surface area (TPSA) is 105 Å². The minimum atomic E-state index is -0.570. The Hall–Kier alpha value is -2.96. The zero-order valence-corrected chi connectivity index (χ0v) is 18.1. The average molecular weight is 449 g/mol. The first-order chi connectivity index (χ1) is 14.3.